The molecule has 16 heteroatoms. The Bertz CT molecular complexity index is 1390. The molecular formula is C26H30BrClFNO10P2. The van der Waals surface area contributed by atoms with E-state index in [1.807, 2.05) is 12.1 Å². The average molecular weight is 713 g/mol. The molecule has 0 amide bonds. The fourth-order valence-electron chi connectivity index (χ4n) is 3.19. The number of anilines is 2. The number of carboxylic acid groups (broad SMARTS) is 1. The third kappa shape index (κ3) is 12.8. The first-order valence-corrected chi connectivity index (χ1v) is 16.9. The molecule has 0 bridgehead atoms. The van der Waals surface area contributed by atoms with Gasteiger partial charge in [-0.25, -0.2) is 4.39 Å². The SMILES string of the molecule is CCOP(=O)(COc1ccc(Br)cc1)OCC.O=C(O)Cc1cc(OCP(=O)(O)O)ccc1Nc1c(F)cccc1Cl. The molecular weight excluding hydrogens is 683 g/mol. The third-order valence-corrected chi connectivity index (χ3v) is 7.95. The van der Waals surface area contributed by atoms with Crippen molar-refractivity contribution in [3.8, 4) is 11.5 Å². The van der Waals surface area contributed by atoms with Crippen LogP contribution in [-0.4, -0.2) is 46.8 Å². The van der Waals surface area contributed by atoms with E-state index in [4.69, 9.17) is 45.0 Å². The Labute approximate surface area is 255 Å². The van der Waals surface area contributed by atoms with E-state index >= 15 is 0 Å². The van der Waals surface area contributed by atoms with Crippen molar-refractivity contribution < 1.29 is 51.7 Å². The Hall–Kier alpha value is -2.47. The zero-order valence-corrected chi connectivity index (χ0v) is 26.7. The number of hydrogen-bond acceptors (Lipinski definition) is 8. The summed E-state index contributed by atoms with van der Waals surface area (Å²) in [5, 5.41) is 11.9. The molecule has 0 saturated carbocycles. The van der Waals surface area contributed by atoms with Crippen molar-refractivity contribution in [2.24, 2.45) is 0 Å². The van der Waals surface area contributed by atoms with Gasteiger partial charge in [0.05, 0.1) is 30.3 Å². The molecule has 42 heavy (non-hydrogen) atoms. The molecule has 0 aromatic heterocycles. The highest BCUT2D eigenvalue weighted by Crippen LogP contribution is 2.48. The molecule has 0 aliphatic rings. The minimum atomic E-state index is -4.37. The Morgan fingerprint density at radius 1 is 0.952 bits per heavy atom. The first kappa shape index (κ1) is 35.7. The Kier molecular flexibility index (Phi) is 14.4. The van der Waals surface area contributed by atoms with E-state index in [-0.39, 0.29) is 34.1 Å². The number of nitrogens with one attached hydrogen (secondary N) is 1. The maximum atomic E-state index is 13.9. The maximum absolute atomic E-state index is 13.9. The normalized spacial score (nSPS) is 11.3. The lowest BCUT2D eigenvalue weighted by Crippen LogP contribution is -2.06. The number of ether oxygens (including phenoxy) is 2. The average Bonchev–Trinajstić information content (AvgIpc) is 2.90. The monoisotopic (exact) mass is 711 g/mol. The van der Waals surface area contributed by atoms with Gasteiger partial charge in [0.2, 0.25) is 0 Å². The lowest BCUT2D eigenvalue weighted by atomic mass is 10.1. The minimum absolute atomic E-state index is 0.0142. The number of halogens is 3. The molecule has 3 aromatic carbocycles. The van der Waals surface area contributed by atoms with Crippen LogP contribution < -0.4 is 14.8 Å². The summed E-state index contributed by atoms with van der Waals surface area (Å²) in [5.41, 5.74) is 0.493. The fourth-order valence-corrected chi connectivity index (χ4v) is 5.30. The molecule has 0 atom stereocenters. The predicted molar refractivity (Wildman–Crippen MR) is 161 cm³/mol. The third-order valence-electron chi connectivity index (χ3n) is 4.89. The first-order valence-electron chi connectivity index (χ1n) is 12.2. The molecule has 4 N–H and O–H groups in total. The van der Waals surface area contributed by atoms with Crippen molar-refractivity contribution in [1.82, 2.24) is 0 Å². The molecule has 0 heterocycles. The molecule has 0 aliphatic carbocycles. The molecule has 0 radical (unpaired) electrons. The Morgan fingerprint density at radius 2 is 1.55 bits per heavy atom. The Balaban J connectivity index is 0.000000317. The van der Waals surface area contributed by atoms with E-state index in [9.17, 15) is 18.3 Å². The number of rotatable bonds is 14. The number of hydrogen-bond donors (Lipinski definition) is 4. The largest absolute Gasteiger partial charge is 0.481 e. The van der Waals surface area contributed by atoms with Crippen molar-refractivity contribution in [3.63, 3.8) is 0 Å². The second-order valence-corrected chi connectivity index (χ2v) is 13.1. The zero-order chi connectivity index (χ0) is 31.3. The van der Waals surface area contributed by atoms with Gasteiger partial charge in [0, 0.05) is 10.2 Å². The molecule has 3 rings (SSSR count). The van der Waals surface area contributed by atoms with Crippen molar-refractivity contribution in [2.75, 3.05) is 31.2 Å². The second kappa shape index (κ2) is 17.0. The van der Waals surface area contributed by atoms with Gasteiger partial charge in [-0.2, -0.15) is 0 Å². The number of aliphatic carboxylic acids is 1. The van der Waals surface area contributed by atoms with Crippen LogP contribution in [0.1, 0.15) is 19.4 Å². The van der Waals surface area contributed by atoms with Crippen molar-refractivity contribution >= 4 is 60.1 Å². The lowest BCUT2D eigenvalue weighted by molar-refractivity contribution is -0.136. The highest BCUT2D eigenvalue weighted by atomic mass is 79.9. The molecule has 0 spiro atoms. The topological polar surface area (TPSA) is 161 Å². The van der Waals surface area contributed by atoms with E-state index in [2.05, 4.69) is 21.2 Å². The van der Waals surface area contributed by atoms with E-state index in [0.29, 0.717) is 19.0 Å². The number of benzene rings is 3. The molecule has 0 fully saturated rings. The van der Waals surface area contributed by atoms with Crippen LogP contribution in [-0.2, 0) is 29.4 Å². The van der Waals surface area contributed by atoms with Gasteiger partial charge in [0.1, 0.15) is 17.3 Å². The minimum Gasteiger partial charge on any atom is -0.481 e. The van der Waals surface area contributed by atoms with Gasteiger partial charge >= 0.3 is 21.2 Å². The van der Waals surface area contributed by atoms with Crippen LogP contribution in [0.15, 0.2) is 65.1 Å². The predicted octanol–water partition coefficient (Wildman–Crippen LogP) is 7.42. The van der Waals surface area contributed by atoms with E-state index in [1.54, 1.807) is 26.0 Å². The van der Waals surface area contributed by atoms with Gasteiger partial charge < -0.3 is 38.7 Å². The van der Waals surface area contributed by atoms with Crippen molar-refractivity contribution in [3.05, 3.63) is 81.5 Å². The van der Waals surface area contributed by atoms with E-state index in [0.717, 1.165) is 4.47 Å². The fraction of sp³-hybridized carbons (Fsp3) is 0.269. The number of carboxylic acids is 1. The molecule has 0 unspecified atom stereocenters. The maximum Gasteiger partial charge on any atom is 0.367 e. The van der Waals surface area contributed by atoms with E-state index < -0.39 is 39.7 Å². The number of carbonyl (C=O) groups is 1. The van der Waals surface area contributed by atoms with Crippen LogP contribution in [0.4, 0.5) is 15.8 Å². The van der Waals surface area contributed by atoms with Crippen molar-refractivity contribution in [2.45, 2.75) is 20.3 Å². The standard InChI is InChI=1S/C15H14ClFNO6P.C11H16BrO4P/c16-11-2-1-3-12(17)15(11)18-13-5-4-10(24-8-25(21,22)23)6-9(13)7-14(19)20;1-3-15-17(13,16-4-2)9-14-11-7-5-10(12)6-8-11/h1-6,18H,7-8H2,(H,19,20)(H2,21,22,23);5-8H,3-4,9H2,1-2H3. The highest BCUT2D eigenvalue weighted by molar-refractivity contribution is 9.10. The second-order valence-electron chi connectivity index (χ2n) is 8.22. The summed E-state index contributed by atoms with van der Waals surface area (Å²) in [6.07, 6.45) is -1.33. The van der Waals surface area contributed by atoms with Crippen LogP contribution in [0.3, 0.4) is 0 Å². The smallest absolute Gasteiger partial charge is 0.367 e. The Morgan fingerprint density at radius 3 is 2.10 bits per heavy atom. The van der Waals surface area contributed by atoms with Gasteiger partial charge in [-0.05, 0) is 74.0 Å². The summed E-state index contributed by atoms with van der Waals surface area (Å²) in [6.45, 7) is 4.21. The van der Waals surface area contributed by atoms with Gasteiger partial charge in [-0.3, -0.25) is 13.9 Å². The summed E-state index contributed by atoms with van der Waals surface area (Å²) in [6, 6.07) is 15.5. The van der Waals surface area contributed by atoms with Gasteiger partial charge in [0.15, 0.2) is 12.7 Å². The zero-order valence-electron chi connectivity index (χ0n) is 22.5. The molecule has 0 aliphatic heterocycles. The van der Waals surface area contributed by atoms with Crippen LogP contribution in [0.25, 0.3) is 0 Å². The number of para-hydroxylation sites is 1. The summed E-state index contributed by atoms with van der Waals surface area (Å²) in [4.78, 5) is 28.7. The van der Waals surface area contributed by atoms with Gasteiger partial charge in [-0.1, -0.05) is 33.6 Å². The van der Waals surface area contributed by atoms with Crippen LogP contribution >= 0.6 is 42.7 Å². The molecule has 11 nitrogen and oxygen atoms in total. The van der Waals surface area contributed by atoms with Gasteiger partial charge in [0.25, 0.3) is 0 Å². The van der Waals surface area contributed by atoms with Gasteiger partial charge in [-0.15, -0.1) is 0 Å². The van der Waals surface area contributed by atoms with Crippen LogP contribution in [0.2, 0.25) is 5.02 Å². The first-order chi connectivity index (χ1) is 19.7. The molecule has 3 aromatic rings. The van der Waals surface area contributed by atoms with E-state index in [1.165, 1.54) is 36.4 Å². The summed E-state index contributed by atoms with van der Waals surface area (Å²) in [5.74, 6) is -1.05. The lowest BCUT2D eigenvalue weighted by Gasteiger charge is -2.17. The van der Waals surface area contributed by atoms with Crippen LogP contribution in [0, 0.1) is 5.82 Å². The molecule has 230 valence electrons. The highest BCUT2D eigenvalue weighted by Gasteiger charge is 2.24. The quantitative estimate of drug-likeness (QED) is 0.123. The summed E-state index contributed by atoms with van der Waals surface area (Å²) < 4.78 is 58.4. The molecule has 0 saturated heterocycles. The summed E-state index contributed by atoms with van der Waals surface area (Å²) in [7, 11) is -7.51. The summed E-state index contributed by atoms with van der Waals surface area (Å²) >= 11 is 9.26. The van der Waals surface area contributed by atoms with Crippen LogP contribution in [0.5, 0.6) is 11.5 Å². The van der Waals surface area contributed by atoms with Crippen molar-refractivity contribution in [1.29, 1.82) is 0 Å².